The van der Waals surface area contributed by atoms with Crippen LogP contribution in [0, 0.1) is 0 Å². The number of hydrogen-bond acceptors (Lipinski definition) is 2. The van der Waals surface area contributed by atoms with Crippen molar-refractivity contribution in [3.8, 4) is 0 Å². The summed E-state index contributed by atoms with van der Waals surface area (Å²) in [6.07, 6.45) is 28.0. The maximum atomic E-state index is 10.1. The molecule has 0 N–H and O–H groups in total. The summed E-state index contributed by atoms with van der Waals surface area (Å²) < 4.78 is 14.9. The van der Waals surface area contributed by atoms with Crippen molar-refractivity contribution in [3.63, 3.8) is 0 Å². The number of hydrogen-bond donors (Lipinski definition) is 0. The van der Waals surface area contributed by atoms with Crippen LogP contribution in [-0.2, 0) is 9.09 Å². The first-order chi connectivity index (χ1) is 12.4. The molecule has 0 rings (SSSR count). The Morgan fingerprint density at radius 1 is 0.480 bits per heavy atom. The van der Waals surface area contributed by atoms with Crippen LogP contribution in [0.3, 0.4) is 0 Å². The van der Waals surface area contributed by atoms with Gasteiger partial charge in [-0.15, -0.1) is 0 Å². The molecule has 0 spiro atoms. The highest BCUT2D eigenvalue weighted by molar-refractivity contribution is 7.17. The zero-order valence-corrected chi connectivity index (χ0v) is 18.0. The summed E-state index contributed by atoms with van der Waals surface area (Å²) in [5, 5.41) is 0. The van der Waals surface area contributed by atoms with E-state index in [4.69, 9.17) is 4.52 Å². The molecule has 0 aliphatic heterocycles. The molecule has 0 aromatic heterocycles. The molecule has 0 bridgehead atoms. The van der Waals surface area contributed by atoms with Gasteiger partial charge >= 0.3 is 8.69 Å². The highest BCUT2D eigenvalue weighted by Crippen LogP contribution is 2.14. The van der Waals surface area contributed by atoms with Crippen LogP contribution in [0.4, 0.5) is 0 Å². The Labute approximate surface area is 160 Å². The monoisotopic (exact) mass is 372 g/mol. The standard InChI is InChI=1S/C22H45O2P/c1-2-3-4-5-6-7-8-9-10-11-12-13-14-15-16-17-18-19-20-21-22-24-25-23/h2-22H2,1H3. The molecule has 0 unspecified atom stereocenters. The first kappa shape index (κ1) is 25.1. The fourth-order valence-corrected chi connectivity index (χ4v) is 3.66. The quantitative estimate of drug-likeness (QED) is 0.140. The smallest absolute Gasteiger partial charge is 0.294 e. The van der Waals surface area contributed by atoms with Gasteiger partial charge in [0.1, 0.15) is 0 Å². The minimum atomic E-state index is -0.170. The van der Waals surface area contributed by atoms with Gasteiger partial charge in [-0.2, -0.15) is 0 Å². The van der Waals surface area contributed by atoms with E-state index in [-0.39, 0.29) is 8.69 Å². The van der Waals surface area contributed by atoms with Gasteiger partial charge in [0.2, 0.25) is 0 Å². The summed E-state index contributed by atoms with van der Waals surface area (Å²) in [6, 6.07) is 0. The predicted molar refractivity (Wildman–Crippen MR) is 112 cm³/mol. The van der Waals surface area contributed by atoms with E-state index in [0.29, 0.717) is 6.61 Å². The van der Waals surface area contributed by atoms with Crippen molar-refractivity contribution >= 4 is 8.69 Å². The van der Waals surface area contributed by atoms with E-state index in [1.807, 2.05) is 0 Å². The number of rotatable bonds is 22. The molecule has 0 aliphatic rings. The Bertz CT molecular complexity index is 246. The van der Waals surface area contributed by atoms with Crippen LogP contribution in [0.5, 0.6) is 0 Å². The molecule has 0 saturated carbocycles. The highest BCUT2D eigenvalue weighted by Gasteiger charge is 1.95. The van der Waals surface area contributed by atoms with Crippen LogP contribution in [0.25, 0.3) is 0 Å². The lowest BCUT2D eigenvalue weighted by Gasteiger charge is -2.04. The van der Waals surface area contributed by atoms with E-state index in [9.17, 15) is 4.57 Å². The summed E-state index contributed by atoms with van der Waals surface area (Å²) in [4.78, 5) is 0. The first-order valence-corrected chi connectivity index (χ1v) is 12.1. The molecule has 0 atom stereocenters. The molecule has 25 heavy (non-hydrogen) atoms. The van der Waals surface area contributed by atoms with Crippen LogP contribution in [0.15, 0.2) is 0 Å². The van der Waals surface area contributed by atoms with E-state index in [1.54, 1.807) is 0 Å². The second-order valence-electron chi connectivity index (χ2n) is 7.63. The van der Waals surface area contributed by atoms with Crippen LogP contribution in [0.2, 0.25) is 0 Å². The van der Waals surface area contributed by atoms with Gasteiger partial charge in [0, 0.05) is 0 Å². The first-order valence-electron chi connectivity index (χ1n) is 11.4. The van der Waals surface area contributed by atoms with Gasteiger partial charge in [0.15, 0.2) is 0 Å². The summed E-state index contributed by atoms with van der Waals surface area (Å²) >= 11 is 0. The van der Waals surface area contributed by atoms with E-state index in [2.05, 4.69) is 6.92 Å². The molecule has 0 heterocycles. The average molecular weight is 373 g/mol. The fraction of sp³-hybridized carbons (Fsp3) is 1.00. The minimum absolute atomic E-state index is 0.170. The highest BCUT2D eigenvalue weighted by atomic mass is 31.1. The molecule has 0 aliphatic carbocycles. The van der Waals surface area contributed by atoms with E-state index >= 15 is 0 Å². The summed E-state index contributed by atoms with van der Waals surface area (Å²) in [7, 11) is -0.170. The molecule has 2 nitrogen and oxygen atoms in total. The zero-order chi connectivity index (χ0) is 18.3. The molecule has 0 saturated heterocycles. The lowest BCUT2D eigenvalue weighted by molar-refractivity contribution is 0.328. The summed E-state index contributed by atoms with van der Waals surface area (Å²) in [5.74, 6) is 0. The van der Waals surface area contributed by atoms with Crippen molar-refractivity contribution in [3.05, 3.63) is 0 Å². The summed E-state index contributed by atoms with van der Waals surface area (Å²) in [6.45, 7) is 2.93. The molecule has 150 valence electrons. The van der Waals surface area contributed by atoms with Crippen LogP contribution in [0.1, 0.15) is 135 Å². The van der Waals surface area contributed by atoms with Crippen molar-refractivity contribution in [2.45, 2.75) is 135 Å². The lowest BCUT2D eigenvalue weighted by atomic mass is 10.0. The third kappa shape index (κ3) is 24.1. The van der Waals surface area contributed by atoms with Crippen LogP contribution in [-0.4, -0.2) is 6.61 Å². The molecule has 0 aromatic carbocycles. The fourth-order valence-electron chi connectivity index (χ4n) is 3.46. The van der Waals surface area contributed by atoms with Gasteiger partial charge in [-0.05, 0) is 6.42 Å². The second-order valence-corrected chi connectivity index (χ2v) is 8.03. The molecular formula is C22H45O2P. The van der Waals surface area contributed by atoms with Crippen molar-refractivity contribution < 1.29 is 9.09 Å². The van der Waals surface area contributed by atoms with Crippen molar-refractivity contribution in [2.75, 3.05) is 6.61 Å². The molecule has 3 heteroatoms. The van der Waals surface area contributed by atoms with Gasteiger partial charge in [-0.25, -0.2) is 4.57 Å². The second kappa shape index (κ2) is 24.1. The predicted octanol–water partition coefficient (Wildman–Crippen LogP) is 9.03. The molecule has 0 amide bonds. The van der Waals surface area contributed by atoms with Crippen LogP contribution >= 0.6 is 8.69 Å². The zero-order valence-electron chi connectivity index (χ0n) is 17.1. The Morgan fingerprint density at radius 3 is 1.04 bits per heavy atom. The third-order valence-electron chi connectivity index (χ3n) is 5.14. The third-order valence-corrected chi connectivity index (χ3v) is 5.43. The molecule has 0 aromatic rings. The van der Waals surface area contributed by atoms with Gasteiger partial charge in [-0.3, -0.25) is 4.52 Å². The maximum absolute atomic E-state index is 10.1. The Hall–Kier alpha value is 0.0600. The van der Waals surface area contributed by atoms with E-state index in [0.717, 1.165) is 6.42 Å². The van der Waals surface area contributed by atoms with Crippen molar-refractivity contribution in [1.29, 1.82) is 0 Å². The minimum Gasteiger partial charge on any atom is -0.294 e. The number of unbranched alkanes of at least 4 members (excludes halogenated alkanes) is 19. The van der Waals surface area contributed by atoms with Gasteiger partial charge < -0.3 is 0 Å². The van der Waals surface area contributed by atoms with Gasteiger partial charge in [0.25, 0.3) is 0 Å². The Morgan fingerprint density at radius 2 is 0.760 bits per heavy atom. The van der Waals surface area contributed by atoms with E-state index < -0.39 is 0 Å². The normalized spacial score (nSPS) is 11.4. The van der Waals surface area contributed by atoms with Crippen molar-refractivity contribution in [1.82, 2.24) is 0 Å². The summed E-state index contributed by atoms with van der Waals surface area (Å²) in [5.41, 5.74) is 0. The van der Waals surface area contributed by atoms with Crippen LogP contribution < -0.4 is 0 Å². The van der Waals surface area contributed by atoms with Crippen molar-refractivity contribution in [2.24, 2.45) is 0 Å². The van der Waals surface area contributed by atoms with Gasteiger partial charge in [-0.1, -0.05) is 129 Å². The SMILES string of the molecule is CCCCCCCCCCCCCCCCCCCCCCOP=O. The van der Waals surface area contributed by atoms with Gasteiger partial charge in [0.05, 0.1) is 6.61 Å². The molecular weight excluding hydrogens is 327 g/mol. The molecule has 0 fully saturated rings. The maximum Gasteiger partial charge on any atom is 0.327 e. The van der Waals surface area contributed by atoms with E-state index in [1.165, 1.54) is 122 Å². The Kier molecular flexibility index (Phi) is 24.1. The largest absolute Gasteiger partial charge is 0.327 e. The topological polar surface area (TPSA) is 26.3 Å². The molecule has 0 radical (unpaired) electrons. The Balaban J connectivity index is 2.95. The average Bonchev–Trinajstić information content (AvgIpc) is 2.63. The lowest BCUT2D eigenvalue weighted by Crippen LogP contribution is -1.86.